The van der Waals surface area contributed by atoms with Crippen molar-refractivity contribution in [3.63, 3.8) is 0 Å². The summed E-state index contributed by atoms with van der Waals surface area (Å²) in [5.74, 6) is 0.266. The average Bonchev–Trinajstić information content (AvgIpc) is 2.74. The van der Waals surface area contributed by atoms with Crippen LogP contribution in [0.3, 0.4) is 0 Å². The number of oxazole rings is 1. The molecule has 1 amide bonds. The topological polar surface area (TPSA) is 64.4 Å². The molecule has 5 heteroatoms. The quantitative estimate of drug-likeness (QED) is 0.828. The van der Waals surface area contributed by atoms with Crippen molar-refractivity contribution in [3.8, 4) is 0 Å². The number of ether oxygens (including phenoxy) is 1. The van der Waals surface area contributed by atoms with Gasteiger partial charge < -0.3 is 14.5 Å². The fourth-order valence-electron chi connectivity index (χ4n) is 1.68. The van der Waals surface area contributed by atoms with Crippen LogP contribution in [0.25, 0.3) is 17.2 Å². The molecule has 0 aliphatic carbocycles. The van der Waals surface area contributed by atoms with Gasteiger partial charge in [-0.3, -0.25) is 4.79 Å². The third kappa shape index (κ3) is 2.26. The molecule has 3 rings (SSSR count). The molecule has 0 spiro atoms. The zero-order valence-corrected chi connectivity index (χ0v) is 9.63. The van der Waals surface area contributed by atoms with E-state index in [1.165, 1.54) is 6.08 Å². The Labute approximate surface area is 103 Å². The molecular formula is C13H12N2O3. The van der Waals surface area contributed by atoms with Crippen molar-refractivity contribution in [3.05, 3.63) is 36.2 Å². The van der Waals surface area contributed by atoms with Gasteiger partial charge in [0.05, 0.1) is 19.3 Å². The van der Waals surface area contributed by atoms with Crippen LogP contribution >= 0.6 is 0 Å². The zero-order valence-electron chi connectivity index (χ0n) is 9.63. The molecule has 1 fully saturated rings. The fourth-order valence-corrected chi connectivity index (χ4v) is 1.68. The van der Waals surface area contributed by atoms with E-state index in [-0.39, 0.29) is 11.9 Å². The lowest BCUT2D eigenvalue weighted by Crippen LogP contribution is -2.48. The Hall–Kier alpha value is -2.14. The summed E-state index contributed by atoms with van der Waals surface area (Å²) in [6.07, 6.45) is 2.98. The lowest BCUT2D eigenvalue weighted by molar-refractivity contribution is -0.120. The first-order valence-electron chi connectivity index (χ1n) is 5.73. The maximum absolute atomic E-state index is 11.5. The molecule has 1 aliphatic heterocycles. The highest BCUT2D eigenvalue weighted by Gasteiger charge is 2.19. The number of carbonyl (C=O) groups excluding carboxylic acids is 1. The number of nitrogens with zero attached hydrogens (tertiary/aromatic N) is 1. The maximum Gasteiger partial charge on any atom is 0.244 e. The van der Waals surface area contributed by atoms with E-state index in [1.807, 2.05) is 24.3 Å². The number of amides is 1. The summed E-state index contributed by atoms with van der Waals surface area (Å²) in [5.41, 5.74) is 1.50. The van der Waals surface area contributed by atoms with E-state index in [9.17, 15) is 4.79 Å². The van der Waals surface area contributed by atoms with Crippen LogP contribution in [0.15, 0.2) is 34.8 Å². The number of hydrogen-bond donors (Lipinski definition) is 1. The van der Waals surface area contributed by atoms with Gasteiger partial charge >= 0.3 is 0 Å². The summed E-state index contributed by atoms with van der Waals surface area (Å²) >= 11 is 0. The van der Waals surface area contributed by atoms with E-state index in [2.05, 4.69) is 10.3 Å². The highest BCUT2D eigenvalue weighted by atomic mass is 16.5. The number of fused-ring (bicyclic) bond motifs is 1. The van der Waals surface area contributed by atoms with E-state index in [0.29, 0.717) is 24.7 Å². The standard InChI is InChI=1S/C13H12N2O3/c16-12(14-9-7-17-8-9)5-6-13-15-10-3-1-2-4-11(10)18-13/h1-6,9H,7-8H2,(H,14,16). The molecule has 18 heavy (non-hydrogen) atoms. The van der Waals surface area contributed by atoms with Crippen LogP contribution in [0.2, 0.25) is 0 Å². The van der Waals surface area contributed by atoms with Crippen LogP contribution in [-0.4, -0.2) is 30.1 Å². The molecule has 1 saturated heterocycles. The number of carbonyl (C=O) groups is 1. The molecule has 0 unspecified atom stereocenters. The molecule has 1 N–H and O–H groups in total. The fraction of sp³-hybridized carbons (Fsp3) is 0.231. The first-order chi connectivity index (χ1) is 8.81. The molecule has 0 bridgehead atoms. The number of rotatable bonds is 3. The third-order valence-corrected chi connectivity index (χ3v) is 2.67. The van der Waals surface area contributed by atoms with Crippen molar-refractivity contribution in [1.29, 1.82) is 0 Å². The van der Waals surface area contributed by atoms with Crippen LogP contribution in [0, 0.1) is 0 Å². The van der Waals surface area contributed by atoms with Gasteiger partial charge in [0.25, 0.3) is 0 Å². The first kappa shape index (κ1) is 11.0. The van der Waals surface area contributed by atoms with Gasteiger partial charge in [0, 0.05) is 12.2 Å². The minimum atomic E-state index is -0.162. The summed E-state index contributed by atoms with van der Waals surface area (Å²) in [6.45, 7) is 1.17. The average molecular weight is 244 g/mol. The van der Waals surface area contributed by atoms with Gasteiger partial charge in [0.15, 0.2) is 5.58 Å². The SMILES string of the molecule is O=C(C=Cc1nc2ccccc2o1)NC1COC1. The summed E-state index contributed by atoms with van der Waals surface area (Å²) in [7, 11) is 0. The van der Waals surface area contributed by atoms with Gasteiger partial charge in [0.2, 0.25) is 11.8 Å². The van der Waals surface area contributed by atoms with Crippen LogP contribution in [0.5, 0.6) is 0 Å². The maximum atomic E-state index is 11.5. The van der Waals surface area contributed by atoms with E-state index >= 15 is 0 Å². The molecule has 0 atom stereocenters. The van der Waals surface area contributed by atoms with Crippen molar-refractivity contribution >= 4 is 23.1 Å². The molecule has 2 heterocycles. The summed E-state index contributed by atoms with van der Waals surface area (Å²) in [5, 5.41) is 2.80. The predicted octanol–water partition coefficient (Wildman–Crippen LogP) is 1.36. The largest absolute Gasteiger partial charge is 0.437 e. The Morgan fingerprint density at radius 3 is 2.94 bits per heavy atom. The molecule has 2 aromatic rings. The number of para-hydroxylation sites is 2. The Kier molecular flexibility index (Phi) is 2.82. The van der Waals surface area contributed by atoms with Crippen LogP contribution in [0.1, 0.15) is 5.89 Å². The van der Waals surface area contributed by atoms with Crippen molar-refractivity contribution < 1.29 is 13.9 Å². The molecule has 1 aromatic carbocycles. The monoisotopic (exact) mass is 244 g/mol. The van der Waals surface area contributed by atoms with E-state index in [0.717, 1.165) is 5.52 Å². The zero-order chi connectivity index (χ0) is 12.4. The van der Waals surface area contributed by atoms with Gasteiger partial charge in [-0.25, -0.2) is 4.98 Å². The second-order valence-electron chi connectivity index (χ2n) is 4.10. The van der Waals surface area contributed by atoms with Crippen LogP contribution in [-0.2, 0) is 9.53 Å². The molecule has 0 saturated carbocycles. The molecule has 1 aromatic heterocycles. The molecule has 1 aliphatic rings. The van der Waals surface area contributed by atoms with Crippen molar-refractivity contribution in [1.82, 2.24) is 10.3 Å². The van der Waals surface area contributed by atoms with Gasteiger partial charge in [0.1, 0.15) is 5.52 Å². The number of aromatic nitrogens is 1. The highest BCUT2D eigenvalue weighted by molar-refractivity contribution is 5.91. The van der Waals surface area contributed by atoms with Gasteiger partial charge in [-0.1, -0.05) is 12.1 Å². The van der Waals surface area contributed by atoms with Gasteiger partial charge in [-0.2, -0.15) is 0 Å². The highest BCUT2D eigenvalue weighted by Crippen LogP contribution is 2.15. The summed E-state index contributed by atoms with van der Waals surface area (Å²) in [4.78, 5) is 15.8. The minimum absolute atomic E-state index is 0.130. The normalized spacial score (nSPS) is 16.0. The lowest BCUT2D eigenvalue weighted by atomic mass is 10.2. The molecule has 92 valence electrons. The second-order valence-corrected chi connectivity index (χ2v) is 4.10. The Morgan fingerprint density at radius 1 is 1.39 bits per heavy atom. The molecule has 5 nitrogen and oxygen atoms in total. The predicted molar refractivity (Wildman–Crippen MR) is 65.8 cm³/mol. The summed E-state index contributed by atoms with van der Waals surface area (Å²) < 4.78 is 10.4. The van der Waals surface area contributed by atoms with Crippen molar-refractivity contribution in [2.75, 3.05) is 13.2 Å². The van der Waals surface area contributed by atoms with E-state index < -0.39 is 0 Å². The van der Waals surface area contributed by atoms with E-state index in [4.69, 9.17) is 9.15 Å². The smallest absolute Gasteiger partial charge is 0.244 e. The van der Waals surface area contributed by atoms with Gasteiger partial charge in [-0.15, -0.1) is 0 Å². The van der Waals surface area contributed by atoms with Crippen LogP contribution in [0.4, 0.5) is 0 Å². The van der Waals surface area contributed by atoms with Crippen LogP contribution < -0.4 is 5.32 Å². The first-order valence-corrected chi connectivity index (χ1v) is 5.73. The Morgan fingerprint density at radius 2 is 2.22 bits per heavy atom. The van der Waals surface area contributed by atoms with Crippen molar-refractivity contribution in [2.45, 2.75) is 6.04 Å². The molecular weight excluding hydrogens is 232 g/mol. The number of nitrogens with one attached hydrogen (secondary N) is 1. The third-order valence-electron chi connectivity index (χ3n) is 2.67. The van der Waals surface area contributed by atoms with E-state index in [1.54, 1.807) is 6.08 Å². The van der Waals surface area contributed by atoms with Gasteiger partial charge in [-0.05, 0) is 12.1 Å². The number of hydrogen-bond acceptors (Lipinski definition) is 4. The number of benzene rings is 1. The van der Waals surface area contributed by atoms with Crippen molar-refractivity contribution in [2.24, 2.45) is 0 Å². The summed E-state index contributed by atoms with van der Waals surface area (Å²) in [6, 6.07) is 7.60. The minimum Gasteiger partial charge on any atom is -0.437 e. The molecule has 0 radical (unpaired) electrons. The second kappa shape index (κ2) is 4.62. The lowest BCUT2D eigenvalue weighted by Gasteiger charge is -2.26. The Bertz CT molecular complexity index is 566. The Balaban J connectivity index is 1.68.